The molecule has 100 valence electrons. The standard InChI is InChI=1S/C16H25NO/c1-13(17-2)12-14-8-10-16(11-9-14)18-15-6-4-3-5-7-15/h8-11,13,15,17H,3-7,12H2,1-2H3. The van der Waals surface area contributed by atoms with Crippen molar-refractivity contribution in [3.8, 4) is 5.75 Å². The Hall–Kier alpha value is -1.02. The van der Waals surface area contributed by atoms with Crippen LogP contribution in [0.25, 0.3) is 0 Å². The van der Waals surface area contributed by atoms with Crippen LogP contribution < -0.4 is 10.1 Å². The van der Waals surface area contributed by atoms with E-state index in [4.69, 9.17) is 4.74 Å². The second-order valence-corrected chi connectivity index (χ2v) is 5.42. The Balaban J connectivity index is 1.86. The Kier molecular flexibility index (Phi) is 5.06. The quantitative estimate of drug-likeness (QED) is 0.859. The first kappa shape index (κ1) is 13.4. The molecule has 0 heterocycles. The number of hydrogen-bond donors (Lipinski definition) is 1. The zero-order chi connectivity index (χ0) is 12.8. The van der Waals surface area contributed by atoms with Gasteiger partial charge in [-0.25, -0.2) is 0 Å². The fourth-order valence-electron chi connectivity index (χ4n) is 2.54. The van der Waals surface area contributed by atoms with Gasteiger partial charge in [-0.05, 0) is 63.8 Å². The van der Waals surface area contributed by atoms with Crippen LogP contribution in [0.1, 0.15) is 44.6 Å². The molecule has 2 nitrogen and oxygen atoms in total. The second-order valence-electron chi connectivity index (χ2n) is 5.42. The van der Waals surface area contributed by atoms with E-state index in [0.29, 0.717) is 12.1 Å². The number of likely N-dealkylation sites (N-methyl/N-ethyl adjacent to an activating group) is 1. The van der Waals surface area contributed by atoms with E-state index in [0.717, 1.165) is 12.2 Å². The van der Waals surface area contributed by atoms with E-state index in [1.165, 1.54) is 37.7 Å². The lowest BCUT2D eigenvalue weighted by atomic mass is 9.98. The van der Waals surface area contributed by atoms with Crippen LogP contribution in [0.4, 0.5) is 0 Å². The van der Waals surface area contributed by atoms with Crippen molar-refractivity contribution >= 4 is 0 Å². The summed E-state index contributed by atoms with van der Waals surface area (Å²) in [5.74, 6) is 1.03. The molecule has 0 spiro atoms. The highest BCUT2D eigenvalue weighted by Gasteiger charge is 2.14. The van der Waals surface area contributed by atoms with E-state index < -0.39 is 0 Å². The van der Waals surface area contributed by atoms with Gasteiger partial charge in [0.2, 0.25) is 0 Å². The van der Waals surface area contributed by atoms with Crippen molar-refractivity contribution in [3.05, 3.63) is 29.8 Å². The highest BCUT2D eigenvalue weighted by molar-refractivity contribution is 5.28. The first-order valence-electron chi connectivity index (χ1n) is 7.21. The fourth-order valence-corrected chi connectivity index (χ4v) is 2.54. The molecule has 0 aromatic heterocycles. The van der Waals surface area contributed by atoms with E-state index >= 15 is 0 Å². The number of hydrogen-bond acceptors (Lipinski definition) is 2. The molecule has 2 rings (SSSR count). The molecule has 1 aromatic rings. The lowest BCUT2D eigenvalue weighted by Crippen LogP contribution is -2.23. The Bertz CT molecular complexity index is 341. The number of rotatable bonds is 5. The molecule has 1 fully saturated rings. The zero-order valence-electron chi connectivity index (χ0n) is 11.6. The van der Waals surface area contributed by atoms with Crippen molar-refractivity contribution in [2.45, 2.75) is 57.6 Å². The smallest absolute Gasteiger partial charge is 0.119 e. The van der Waals surface area contributed by atoms with E-state index in [9.17, 15) is 0 Å². The lowest BCUT2D eigenvalue weighted by Gasteiger charge is -2.23. The molecule has 0 amide bonds. The largest absolute Gasteiger partial charge is 0.490 e. The summed E-state index contributed by atoms with van der Waals surface area (Å²) in [5, 5.41) is 3.26. The highest BCUT2D eigenvalue weighted by atomic mass is 16.5. The van der Waals surface area contributed by atoms with Crippen LogP contribution in [0.3, 0.4) is 0 Å². The topological polar surface area (TPSA) is 21.3 Å². The zero-order valence-corrected chi connectivity index (χ0v) is 11.6. The molecule has 1 atom stereocenters. The summed E-state index contributed by atoms with van der Waals surface area (Å²) in [7, 11) is 2.01. The summed E-state index contributed by atoms with van der Waals surface area (Å²) < 4.78 is 6.03. The second kappa shape index (κ2) is 6.79. The fraction of sp³-hybridized carbons (Fsp3) is 0.625. The normalized spacial score (nSPS) is 18.6. The highest BCUT2D eigenvalue weighted by Crippen LogP contribution is 2.23. The molecule has 2 heteroatoms. The summed E-state index contributed by atoms with van der Waals surface area (Å²) in [6.07, 6.45) is 7.98. The molecule has 0 radical (unpaired) electrons. The maximum atomic E-state index is 6.03. The first-order chi connectivity index (χ1) is 8.78. The molecular weight excluding hydrogens is 222 g/mol. The lowest BCUT2D eigenvalue weighted by molar-refractivity contribution is 0.155. The Morgan fingerprint density at radius 2 is 1.83 bits per heavy atom. The van der Waals surface area contributed by atoms with Crippen LogP contribution in [0.2, 0.25) is 0 Å². The minimum atomic E-state index is 0.445. The first-order valence-corrected chi connectivity index (χ1v) is 7.21. The van der Waals surface area contributed by atoms with Crippen molar-refractivity contribution in [2.75, 3.05) is 7.05 Å². The van der Waals surface area contributed by atoms with Crippen molar-refractivity contribution in [2.24, 2.45) is 0 Å². The monoisotopic (exact) mass is 247 g/mol. The van der Waals surface area contributed by atoms with E-state index in [-0.39, 0.29) is 0 Å². The van der Waals surface area contributed by atoms with Crippen molar-refractivity contribution in [1.29, 1.82) is 0 Å². The van der Waals surface area contributed by atoms with Gasteiger partial charge in [-0.1, -0.05) is 18.6 Å². The van der Waals surface area contributed by atoms with Gasteiger partial charge in [-0.2, -0.15) is 0 Å². The van der Waals surface area contributed by atoms with Crippen molar-refractivity contribution < 1.29 is 4.74 Å². The molecule has 1 aliphatic carbocycles. The molecule has 1 aromatic carbocycles. The third kappa shape index (κ3) is 4.02. The minimum absolute atomic E-state index is 0.445. The summed E-state index contributed by atoms with van der Waals surface area (Å²) >= 11 is 0. The Morgan fingerprint density at radius 3 is 2.44 bits per heavy atom. The van der Waals surface area contributed by atoms with Crippen molar-refractivity contribution in [1.82, 2.24) is 5.32 Å². The van der Waals surface area contributed by atoms with Gasteiger partial charge >= 0.3 is 0 Å². The van der Waals surface area contributed by atoms with Crippen LogP contribution in [-0.2, 0) is 6.42 Å². The molecule has 0 aliphatic heterocycles. The minimum Gasteiger partial charge on any atom is -0.490 e. The number of nitrogens with one attached hydrogen (secondary N) is 1. The van der Waals surface area contributed by atoms with E-state index in [2.05, 4.69) is 36.5 Å². The number of ether oxygens (including phenoxy) is 1. The average molecular weight is 247 g/mol. The third-order valence-electron chi connectivity index (χ3n) is 3.81. The molecule has 1 saturated carbocycles. The molecule has 1 N–H and O–H groups in total. The summed E-state index contributed by atoms with van der Waals surface area (Å²) in [4.78, 5) is 0. The van der Waals surface area contributed by atoms with Gasteiger partial charge in [-0.3, -0.25) is 0 Å². The van der Waals surface area contributed by atoms with Gasteiger partial charge < -0.3 is 10.1 Å². The molecule has 1 unspecified atom stereocenters. The van der Waals surface area contributed by atoms with Gasteiger partial charge in [0, 0.05) is 6.04 Å². The summed E-state index contributed by atoms with van der Waals surface area (Å²) in [5.41, 5.74) is 1.37. The molecule has 0 bridgehead atoms. The maximum absolute atomic E-state index is 6.03. The van der Waals surface area contributed by atoms with Gasteiger partial charge in [0.15, 0.2) is 0 Å². The summed E-state index contributed by atoms with van der Waals surface area (Å²) in [6, 6.07) is 9.13. The van der Waals surface area contributed by atoms with Gasteiger partial charge in [0.25, 0.3) is 0 Å². The van der Waals surface area contributed by atoms with Crippen LogP contribution in [-0.4, -0.2) is 19.2 Å². The van der Waals surface area contributed by atoms with E-state index in [1.54, 1.807) is 0 Å². The summed E-state index contributed by atoms with van der Waals surface area (Å²) in [6.45, 7) is 2.20. The van der Waals surface area contributed by atoms with Crippen LogP contribution in [0, 0.1) is 0 Å². The Labute approximate surface area is 111 Å². The third-order valence-corrected chi connectivity index (χ3v) is 3.81. The molecule has 1 aliphatic rings. The Morgan fingerprint density at radius 1 is 1.17 bits per heavy atom. The predicted octanol–water partition coefficient (Wildman–Crippen LogP) is 3.55. The molecule has 18 heavy (non-hydrogen) atoms. The van der Waals surface area contributed by atoms with E-state index in [1.807, 2.05) is 7.05 Å². The molecular formula is C16H25NO. The van der Waals surface area contributed by atoms with Crippen molar-refractivity contribution in [3.63, 3.8) is 0 Å². The predicted molar refractivity (Wildman–Crippen MR) is 76.2 cm³/mol. The van der Waals surface area contributed by atoms with Gasteiger partial charge in [-0.15, -0.1) is 0 Å². The van der Waals surface area contributed by atoms with Crippen LogP contribution in [0.5, 0.6) is 5.75 Å². The van der Waals surface area contributed by atoms with Gasteiger partial charge in [0.05, 0.1) is 6.10 Å². The van der Waals surface area contributed by atoms with Crippen LogP contribution in [0.15, 0.2) is 24.3 Å². The maximum Gasteiger partial charge on any atom is 0.119 e. The number of benzene rings is 1. The molecule has 0 saturated heterocycles. The average Bonchev–Trinajstić information content (AvgIpc) is 2.42. The SMILES string of the molecule is CNC(C)Cc1ccc(OC2CCCCC2)cc1. The van der Waals surface area contributed by atoms with Gasteiger partial charge in [0.1, 0.15) is 5.75 Å². The van der Waals surface area contributed by atoms with Crippen LogP contribution >= 0.6 is 0 Å².